The van der Waals surface area contributed by atoms with Crippen LogP contribution in [0.3, 0.4) is 0 Å². The zero-order valence-corrected chi connectivity index (χ0v) is 14.0. The molecule has 0 bridgehead atoms. The molecule has 0 fully saturated rings. The van der Waals surface area contributed by atoms with E-state index in [1.165, 1.54) is 18.2 Å². The van der Waals surface area contributed by atoms with Gasteiger partial charge in [-0.25, -0.2) is 0 Å². The number of nitrogens with zero attached hydrogens (tertiary/aromatic N) is 3. The third-order valence-electron chi connectivity index (χ3n) is 4.12. The second kappa shape index (κ2) is 6.23. The first kappa shape index (κ1) is 17.0. The molecule has 24 heavy (non-hydrogen) atoms. The highest BCUT2D eigenvalue weighted by Gasteiger charge is 2.38. The zero-order valence-electron chi connectivity index (χ0n) is 13.2. The van der Waals surface area contributed by atoms with E-state index in [1.54, 1.807) is 13.0 Å². The standard InChI is InChI=1S/C16H16F3N3OS/c1-9(24-15-21-20-14(22(15)2)16(17,18)19)13(23)12-7-6-10-4-3-5-11(10)8-12/h6-9H,3-5H2,1-2H3/t9-/m1/s1. The van der Waals surface area contributed by atoms with Gasteiger partial charge in [0.15, 0.2) is 10.9 Å². The molecule has 8 heteroatoms. The number of Topliss-reactive ketones (excluding diaryl/α,β-unsaturated/α-hetero) is 1. The predicted octanol–water partition coefficient (Wildman–Crippen LogP) is 3.69. The van der Waals surface area contributed by atoms with Gasteiger partial charge in [0.2, 0.25) is 5.82 Å². The topological polar surface area (TPSA) is 47.8 Å². The van der Waals surface area contributed by atoms with Gasteiger partial charge in [-0.15, -0.1) is 10.2 Å². The summed E-state index contributed by atoms with van der Waals surface area (Å²) >= 11 is 0.983. The Morgan fingerprint density at radius 3 is 2.62 bits per heavy atom. The molecule has 0 aliphatic heterocycles. The minimum atomic E-state index is -4.56. The van der Waals surface area contributed by atoms with E-state index in [0.29, 0.717) is 5.56 Å². The van der Waals surface area contributed by atoms with Gasteiger partial charge in [-0.2, -0.15) is 13.2 Å². The molecule has 128 valence electrons. The van der Waals surface area contributed by atoms with Crippen LogP contribution in [0.15, 0.2) is 23.4 Å². The molecule has 0 N–H and O–H groups in total. The lowest BCUT2D eigenvalue weighted by Gasteiger charge is -2.11. The fourth-order valence-electron chi connectivity index (χ4n) is 2.84. The Morgan fingerprint density at radius 2 is 1.96 bits per heavy atom. The van der Waals surface area contributed by atoms with Crippen molar-refractivity contribution in [2.75, 3.05) is 0 Å². The van der Waals surface area contributed by atoms with Crippen molar-refractivity contribution in [1.82, 2.24) is 14.8 Å². The number of thioether (sulfide) groups is 1. The third-order valence-corrected chi connectivity index (χ3v) is 5.26. The normalized spacial score (nSPS) is 15.4. The average Bonchev–Trinajstić information content (AvgIpc) is 3.12. The molecule has 1 atom stereocenters. The van der Waals surface area contributed by atoms with E-state index in [4.69, 9.17) is 0 Å². The van der Waals surface area contributed by atoms with E-state index >= 15 is 0 Å². The molecular weight excluding hydrogens is 339 g/mol. The Morgan fingerprint density at radius 1 is 1.25 bits per heavy atom. The second-order valence-electron chi connectivity index (χ2n) is 5.82. The van der Waals surface area contributed by atoms with Crippen LogP contribution in [0.2, 0.25) is 0 Å². The summed E-state index contributed by atoms with van der Waals surface area (Å²) in [7, 11) is 1.25. The molecule has 1 aliphatic rings. The molecule has 1 aromatic heterocycles. The molecule has 0 spiro atoms. The van der Waals surface area contributed by atoms with Crippen molar-refractivity contribution in [1.29, 1.82) is 0 Å². The van der Waals surface area contributed by atoms with Crippen LogP contribution in [-0.4, -0.2) is 25.8 Å². The fourth-order valence-corrected chi connectivity index (χ4v) is 3.73. The summed E-state index contributed by atoms with van der Waals surface area (Å²) in [6.45, 7) is 1.67. The third kappa shape index (κ3) is 3.19. The lowest BCUT2D eigenvalue weighted by atomic mass is 10.0. The Balaban J connectivity index is 1.76. The molecule has 1 aromatic carbocycles. The Bertz CT molecular complexity index is 785. The van der Waals surface area contributed by atoms with E-state index in [0.717, 1.165) is 35.6 Å². The van der Waals surface area contributed by atoms with Crippen molar-refractivity contribution in [2.45, 2.75) is 42.8 Å². The molecule has 0 radical (unpaired) electrons. The molecule has 2 aromatic rings. The molecule has 1 aliphatic carbocycles. The number of rotatable bonds is 4. The first-order valence-corrected chi connectivity index (χ1v) is 8.44. The highest BCUT2D eigenvalue weighted by atomic mass is 32.2. The van der Waals surface area contributed by atoms with Crippen LogP contribution in [0, 0.1) is 0 Å². The summed E-state index contributed by atoms with van der Waals surface area (Å²) < 4.78 is 39.1. The van der Waals surface area contributed by atoms with Crippen LogP contribution >= 0.6 is 11.8 Å². The lowest BCUT2D eigenvalue weighted by Crippen LogP contribution is -2.16. The summed E-state index contributed by atoms with van der Waals surface area (Å²) in [5, 5.41) is 6.26. The van der Waals surface area contributed by atoms with Gasteiger partial charge in [-0.3, -0.25) is 4.79 Å². The summed E-state index contributed by atoms with van der Waals surface area (Å²) in [6.07, 6.45) is -1.46. The van der Waals surface area contributed by atoms with E-state index in [-0.39, 0.29) is 10.9 Å². The van der Waals surface area contributed by atoms with E-state index in [2.05, 4.69) is 10.2 Å². The van der Waals surface area contributed by atoms with Gasteiger partial charge < -0.3 is 4.57 Å². The van der Waals surface area contributed by atoms with Crippen molar-refractivity contribution >= 4 is 17.5 Å². The van der Waals surface area contributed by atoms with Crippen molar-refractivity contribution in [3.8, 4) is 0 Å². The van der Waals surface area contributed by atoms with Gasteiger partial charge in [0.1, 0.15) is 0 Å². The smallest absolute Gasteiger partial charge is 0.302 e. The molecule has 0 unspecified atom stereocenters. The summed E-state index contributed by atoms with van der Waals surface area (Å²) in [5.41, 5.74) is 3.06. The number of halogens is 3. The van der Waals surface area contributed by atoms with Crippen LogP contribution in [0.25, 0.3) is 0 Å². The van der Waals surface area contributed by atoms with Crippen LogP contribution < -0.4 is 0 Å². The Hall–Kier alpha value is -1.83. The van der Waals surface area contributed by atoms with Crippen LogP contribution in [-0.2, 0) is 26.1 Å². The first-order valence-electron chi connectivity index (χ1n) is 7.56. The number of aryl methyl sites for hydroxylation is 2. The Kier molecular flexibility index (Phi) is 4.42. The molecular formula is C16H16F3N3OS. The van der Waals surface area contributed by atoms with Gasteiger partial charge >= 0.3 is 6.18 Å². The van der Waals surface area contributed by atoms with E-state index < -0.39 is 17.3 Å². The molecule has 0 saturated carbocycles. The molecule has 0 saturated heterocycles. The first-order chi connectivity index (χ1) is 11.3. The number of hydrogen-bond acceptors (Lipinski definition) is 4. The number of ketones is 1. The zero-order chi connectivity index (χ0) is 17.5. The highest BCUT2D eigenvalue weighted by molar-refractivity contribution is 8.00. The largest absolute Gasteiger partial charge is 0.451 e. The SMILES string of the molecule is C[C@@H](Sc1nnc(C(F)(F)F)n1C)C(=O)c1ccc2c(c1)CCC2. The number of aromatic nitrogens is 3. The van der Waals surface area contributed by atoms with Gasteiger partial charge in [0, 0.05) is 12.6 Å². The number of benzene rings is 1. The number of alkyl halides is 3. The molecule has 4 nitrogen and oxygen atoms in total. The summed E-state index contributed by atoms with van der Waals surface area (Å²) in [5.74, 6) is -1.19. The molecule has 3 rings (SSSR count). The fraction of sp³-hybridized carbons (Fsp3) is 0.438. The predicted molar refractivity (Wildman–Crippen MR) is 84.1 cm³/mol. The summed E-state index contributed by atoms with van der Waals surface area (Å²) in [6, 6.07) is 5.66. The number of fused-ring (bicyclic) bond motifs is 1. The highest BCUT2D eigenvalue weighted by Crippen LogP contribution is 2.32. The Labute approximate surface area is 141 Å². The quantitative estimate of drug-likeness (QED) is 0.620. The lowest BCUT2D eigenvalue weighted by molar-refractivity contribution is -0.147. The van der Waals surface area contributed by atoms with Crippen molar-refractivity contribution in [2.24, 2.45) is 7.05 Å². The van der Waals surface area contributed by atoms with Gasteiger partial charge in [0.25, 0.3) is 0 Å². The summed E-state index contributed by atoms with van der Waals surface area (Å²) in [4.78, 5) is 12.6. The average molecular weight is 355 g/mol. The van der Waals surface area contributed by atoms with Gasteiger partial charge in [-0.1, -0.05) is 23.9 Å². The maximum atomic E-state index is 12.8. The van der Waals surface area contributed by atoms with Gasteiger partial charge in [-0.05, 0) is 43.4 Å². The monoisotopic (exact) mass is 355 g/mol. The van der Waals surface area contributed by atoms with Crippen molar-refractivity contribution < 1.29 is 18.0 Å². The van der Waals surface area contributed by atoms with Crippen molar-refractivity contribution in [3.63, 3.8) is 0 Å². The minimum Gasteiger partial charge on any atom is -0.302 e. The van der Waals surface area contributed by atoms with Crippen LogP contribution in [0.1, 0.15) is 40.7 Å². The van der Waals surface area contributed by atoms with Gasteiger partial charge in [0.05, 0.1) is 5.25 Å². The maximum Gasteiger partial charge on any atom is 0.451 e. The number of carbonyl (C=O) groups is 1. The number of carbonyl (C=O) groups excluding carboxylic acids is 1. The van der Waals surface area contributed by atoms with Crippen molar-refractivity contribution in [3.05, 3.63) is 40.7 Å². The maximum absolute atomic E-state index is 12.8. The van der Waals surface area contributed by atoms with E-state index in [9.17, 15) is 18.0 Å². The molecule has 1 heterocycles. The van der Waals surface area contributed by atoms with Crippen LogP contribution in [0.4, 0.5) is 13.2 Å². The van der Waals surface area contributed by atoms with E-state index in [1.807, 2.05) is 12.1 Å². The van der Waals surface area contributed by atoms with Crippen LogP contribution in [0.5, 0.6) is 0 Å². The minimum absolute atomic E-state index is 0.0735. The number of hydrogen-bond donors (Lipinski definition) is 0. The molecule has 0 amide bonds. The second-order valence-corrected chi connectivity index (χ2v) is 7.13.